The topological polar surface area (TPSA) is 94.8 Å². The first-order valence-corrected chi connectivity index (χ1v) is 5.69. The van der Waals surface area contributed by atoms with Crippen molar-refractivity contribution < 1.29 is 24.9 Å². The third-order valence-electron chi connectivity index (χ3n) is 1.38. The minimum absolute atomic E-state index is 0.0628. The summed E-state index contributed by atoms with van der Waals surface area (Å²) in [4.78, 5) is 19.8. The minimum Gasteiger partial charge on any atom is -0.481 e. The number of carbonyl (C=O) groups is 2. The van der Waals surface area contributed by atoms with Gasteiger partial charge in [0.2, 0.25) is 0 Å². The van der Waals surface area contributed by atoms with Crippen molar-refractivity contribution in [2.75, 3.05) is 5.88 Å². The molecule has 3 N–H and O–H groups in total. The summed E-state index contributed by atoms with van der Waals surface area (Å²) in [6.07, 6.45) is 1.48. The quantitative estimate of drug-likeness (QED) is 0.487. The van der Waals surface area contributed by atoms with Crippen LogP contribution < -0.4 is 0 Å². The molecule has 5 nitrogen and oxygen atoms in total. The van der Waals surface area contributed by atoms with Gasteiger partial charge >= 0.3 is 11.9 Å². The third kappa shape index (κ3) is 23.4. The van der Waals surface area contributed by atoms with E-state index in [1.54, 1.807) is 0 Å². The summed E-state index contributed by atoms with van der Waals surface area (Å²) in [5.74, 6) is -1.32. The Hall–Kier alpha value is -0.520. The lowest BCUT2D eigenvalue weighted by molar-refractivity contribution is -0.139. The first kappa shape index (κ1) is 17.9. The van der Waals surface area contributed by atoms with E-state index in [1.165, 1.54) is 0 Å². The number of aliphatic hydroxyl groups is 1. The highest BCUT2D eigenvalue weighted by Gasteiger charge is 1.99. The molecule has 0 aliphatic heterocycles. The summed E-state index contributed by atoms with van der Waals surface area (Å²) in [6.45, 7) is 0. The fourth-order valence-electron chi connectivity index (χ4n) is 0.642. The van der Waals surface area contributed by atoms with E-state index in [1.807, 2.05) is 0 Å². The maximum absolute atomic E-state index is 9.90. The van der Waals surface area contributed by atoms with Crippen molar-refractivity contribution in [3.8, 4) is 0 Å². The number of rotatable bonds is 7. The molecule has 0 aliphatic rings. The third-order valence-corrected chi connectivity index (χ3v) is 1.82. The molecule has 0 saturated carbocycles. The first-order chi connectivity index (χ1) is 7.40. The van der Waals surface area contributed by atoms with Crippen LogP contribution in [0.4, 0.5) is 0 Å². The molecule has 0 saturated heterocycles. The Bertz CT molecular complexity index is 180. The number of carboxylic acids is 2. The van der Waals surface area contributed by atoms with Crippen molar-refractivity contribution in [2.45, 2.75) is 37.7 Å². The maximum Gasteiger partial charge on any atom is 0.303 e. The van der Waals surface area contributed by atoms with Crippen LogP contribution in [0, 0.1) is 0 Å². The van der Waals surface area contributed by atoms with Crippen LogP contribution in [0.3, 0.4) is 0 Å². The molecule has 0 aromatic heterocycles. The molecule has 0 aliphatic carbocycles. The van der Waals surface area contributed by atoms with E-state index in [0.29, 0.717) is 25.1 Å². The minimum atomic E-state index is -0.870. The van der Waals surface area contributed by atoms with E-state index < -0.39 is 17.5 Å². The van der Waals surface area contributed by atoms with Gasteiger partial charge in [-0.1, -0.05) is 11.6 Å². The van der Waals surface area contributed by atoms with E-state index in [0.717, 1.165) is 0 Å². The fraction of sp³-hybridized carbons (Fsp3) is 0.778. The summed E-state index contributed by atoms with van der Waals surface area (Å²) >= 11 is 10.2. The second kappa shape index (κ2) is 12.5. The Balaban J connectivity index is 0. The molecule has 0 aromatic carbocycles. The maximum atomic E-state index is 9.90. The molecule has 16 heavy (non-hydrogen) atoms. The van der Waals surface area contributed by atoms with Gasteiger partial charge in [0.05, 0.1) is 0 Å². The molecule has 1 unspecified atom stereocenters. The zero-order valence-corrected chi connectivity index (χ0v) is 10.2. The molecule has 0 aromatic rings. The number of alkyl halides is 2. The van der Waals surface area contributed by atoms with Crippen molar-refractivity contribution >= 4 is 35.1 Å². The molecule has 1 atom stereocenters. The number of carboxylic acid groups (broad SMARTS) is 2. The molecule has 7 heteroatoms. The highest BCUT2D eigenvalue weighted by molar-refractivity contribution is 6.21. The second-order valence-corrected chi connectivity index (χ2v) is 3.79. The molecule has 96 valence electrons. The second-order valence-electron chi connectivity index (χ2n) is 2.91. The molecule has 0 bridgehead atoms. The van der Waals surface area contributed by atoms with Crippen molar-refractivity contribution in [3.63, 3.8) is 0 Å². The van der Waals surface area contributed by atoms with E-state index in [4.69, 9.17) is 38.5 Å². The number of hydrogen-bond acceptors (Lipinski definition) is 3. The predicted octanol–water partition coefficient (Wildman–Crippen LogP) is 1.89. The smallest absolute Gasteiger partial charge is 0.303 e. The largest absolute Gasteiger partial charge is 0.481 e. The van der Waals surface area contributed by atoms with Gasteiger partial charge in [0.1, 0.15) is 5.56 Å². The SMILES string of the molecule is O=C(O)CCCCC(=O)O.OC(Cl)CCCl. The van der Waals surface area contributed by atoms with Crippen molar-refractivity contribution in [3.05, 3.63) is 0 Å². The van der Waals surface area contributed by atoms with E-state index >= 15 is 0 Å². The van der Waals surface area contributed by atoms with Gasteiger partial charge in [-0.05, 0) is 12.8 Å². The Morgan fingerprint density at radius 1 is 1.06 bits per heavy atom. The number of unbranched alkanes of at least 4 members (excludes halogenated alkanes) is 1. The highest BCUT2D eigenvalue weighted by atomic mass is 35.5. The zero-order valence-electron chi connectivity index (χ0n) is 8.73. The van der Waals surface area contributed by atoms with Gasteiger partial charge in [0, 0.05) is 25.1 Å². The first-order valence-electron chi connectivity index (χ1n) is 4.71. The molecular formula is C9H16Cl2O5. The van der Waals surface area contributed by atoms with Gasteiger partial charge in [0.25, 0.3) is 0 Å². The van der Waals surface area contributed by atoms with Gasteiger partial charge in [-0.15, -0.1) is 11.6 Å². The Morgan fingerprint density at radius 3 is 1.56 bits per heavy atom. The molecule has 0 spiro atoms. The van der Waals surface area contributed by atoms with E-state index in [-0.39, 0.29) is 12.8 Å². The Kier molecular flexibility index (Phi) is 14.0. The van der Waals surface area contributed by atoms with Gasteiger partial charge in [-0.25, -0.2) is 0 Å². The van der Waals surface area contributed by atoms with Crippen LogP contribution in [-0.2, 0) is 9.59 Å². The van der Waals surface area contributed by atoms with Crippen LogP contribution >= 0.6 is 23.2 Å². The van der Waals surface area contributed by atoms with Gasteiger partial charge in [0.15, 0.2) is 0 Å². The molecule has 0 radical (unpaired) electrons. The molecule has 0 heterocycles. The van der Waals surface area contributed by atoms with Crippen LogP contribution in [0.2, 0.25) is 0 Å². The number of aliphatic carboxylic acids is 2. The van der Waals surface area contributed by atoms with Gasteiger partial charge in [-0.2, -0.15) is 0 Å². The number of aliphatic hydroxyl groups excluding tert-OH is 1. The average Bonchev–Trinajstić information content (AvgIpc) is 2.12. The summed E-state index contributed by atoms with van der Waals surface area (Å²) in [6, 6.07) is 0. The highest BCUT2D eigenvalue weighted by Crippen LogP contribution is 1.98. The lowest BCUT2D eigenvalue weighted by atomic mass is 10.2. The number of hydrogen-bond donors (Lipinski definition) is 3. The lowest BCUT2D eigenvalue weighted by Crippen LogP contribution is -1.97. The van der Waals surface area contributed by atoms with Crippen molar-refractivity contribution in [1.82, 2.24) is 0 Å². The predicted molar refractivity (Wildman–Crippen MR) is 60.9 cm³/mol. The molecule has 0 fully saturated rings. The van der Waals surface area contributed by atoms with Crippen LogP contribution in [-0.4, -0.2) is 38.7 Å². The van der Waals surface area contributed by atoms with Crippen LogP contribution in [0.5, 0.6) is 0 Å². The number of halogens is 2. The lowest BCUT2D eigenvalue weighted by Gasteiger charge is -1.92. The Labute approximate surface area is 104 Å². The van der Waals surface area contributed by atoms with Crippen LogP contribution in [0.1, 0.15) is 32.1 Å². The van der Waals surface area contributed by atoms with Crippen molar-refractivity contribution in [1.29, 1.82) is 0 Å². The van der Waals surface area contributed by atoms with Crippen LogP contribution in [0.25, 0.3) is 0 Å². The van der Waals surface area contributed by atoms with Gasteiger partial charge < -0.3 is 15.3 Å². The average molecular weight is 275 g/mol. The normalized spacial score (nSPS) is 11.2. The Morgan fingerprint density at radius 2 is 1.44 bits per heavy atom. The monoisotopic (exact) mass is 274 g/mol. The molecule has 0 rings (SSSR count). The summed E-state index contributed by atoms with van der Waals surface area (Å²) < 4.78 is 0. The molecule has 0 amide bonds. The van der Waals surface area contributed by atoms with Crippen LogP contribution in [0.15, 0.2) is 0 Å². The summed E-state index contributed by atoms with van der Waals surface area (Å²) in [7, 11) is 0. The van der Waals surface area contributed by atoms with E-state index in [2.05, 4.69) is 0 Å². The van der Waals surface area contributed by atoms with E-state index in [9.17, 15) is 9.59 Å². The van der Waals surface area contributed by atoms with Crippen molar-refractivity contribution in [2.24, 2.45) is 0 Å². The zero-order chi connectivity index (χ0) is 13.0. The standard InChI is InChI=1S/C6H10O4.C3H6Cl2O/c7-5(8)3-1-2-4-6(9)10;4-2-1-3(5)6/h1-4H2,(H,7,8)(H,9,10);3,6H,1-2H2. The summed E-state index contributed by atoms with van der Waals surface area (Å²) in [5.41, 5.74) is -0.762. The van der Waals surface area contributed by atoms with Gasteiger partial charge in [-0.3, -0.25) is 9.59 Å². The summed E-state index contributed by atoms with van der Waals surface area (Å²) in [5, 5.41) is 24.5. The fourth-order valence-corrected chi connectivity index (χ4v) is 1.07. The molecular weight excluding hydrogens is 259 g/mol.